The Morgan fingerprint density at radius 3 is 2.68 bits per heavy atom. The molecule has 0 saturated heterocycles. The standard InChI is InChI=1S/C12H12BrN3O2S/c1-8-9(13)4-2-6-11(8)16-19(17,18)12-10(14)5-3-7-15-12/h2-7,16H,14H2,1H3. The van der Waals surface area contributed by atoms with Gasteiger partial charge in [-0.25, -0.2) is 4.98 Å². The zero-order valence-electron chi connectivity index (χ0n) is 10.1. The van der Waals surface area contributed by atoms with Gasteiger partial charge in [-0.05, 0) is 36.8 Å². The van der Waals surface area contributed by atoms with E-state index < -0.39 is 10.0 Å². The van der Waals surface area contributed by atoms with Gasteiger partial charge in [0.15, 0.2) is 5.03 Å². The molecule has 0 aliphatic heterocycles. The molecule has 1 aromatic heterocycles. The molecule has 1 aromatic carbocycles. The van der Waals surface area contributed by atoms with Crippen LogP contribution < -0.4 is 10.5 Å². The highest BCUT2D eigenvalue weighted by Crippen LogP contribution is 2.26. The van der Waals surface area contributed by atoms with Crippen LogP contribution in [-0.4, -0.2) is 13.4 Å². The first-order valence-corrected chi connectivity index (χ1v) is 7.68. The number of nitrogens with zero attached hydrogens (tertiary/aromatic N) is 1. The van der Waals surface area contributed by atoms with E-state index in [0.29, 0.717) is 5.69 Å². The summed E-state index contributed by atoms with van der Waals surface area (Å²) in [5, 5.41) is -0.172. The lowest BCUT2D eigenvalue weighted by molar-refractivity contribution is 0.598. The average molecular weight is 342 g/mol. The van der Waals surface area contributed by atoms with Crippen LogP contribution in [0.25, 0.3) is 0 Å². The van der Waals surface area contributed by atoms with Crippen molar-refractivity contribution in [2.45, 2.75) is 11.9 Å². The normalized spacial score (nSPS) is 11.3. The molecule has 19 heavy (non-hydrogen) atoms. The quantitative estimate of drug-likeness (QED) is 0.898. The van der Waals surface area contributed by atoms with Crippen molar-refractivity contribution in [3.8, 4) is 0 Å². The van der Waals surface area contributed by atoms with Gasteiger partial charge < -0.3 is 5.73 Å². The summed E-state index contributed by atoms with van der Waals surface area (Å²) in [7, 11) is -3.79. The van der Waals surface area contributed by atoms with E-state index in [1.165, 1.54) is 12.3 Å². The van der Waals surface area contributed by atoms with E-state index in [4.69, 9.17) is 5.73 Å². The van der Waals surface area contributed by atoms with Crippen LogP contribution >= 0.6 is 15.9 Å². The molecular weight excluding hydrogens is 330 g/mol. The molecule has 2 rings (SSSR count). The Morgan fingerprint density at radius 1 is 1.26 bits per heavy atom. The number of halogens is 1. The zero-order chi connectivity index (χ0) is 14.0. The highest BCUT2D eigenvalue weighted by Gasteiger charge is 2.19. The van der Waals surface area contributed by atoms with Gasteiger partial charge in [-0.15, -0.1) is 0 Å². The predicted octanol–water partition coefficient (Wildman–Crippen LogP) is 2.54. The number of nitrogens with two attached hydrogens (primary N) is 1. The smallest absolute Gasteiger partial charge is 0.281 e. The number of hydrogen-bond donors (Lipinski definition) is 2. The van der Waals surface area contributed by atoms with Crippen molar-refractivity contribution in [1.29, 1.82) is 0 Å². The maximum Gasteiger partial charge on any atom is 0.281 e. The molecule has 0 bridgehead atoms. The van der Waals surface area contributed by atoms with Gasteiger partial charge in [0.2, 0.25) is 0 Å². The van der Waals surface area contributed by atoms with Crippen LogP contribution in [-0.2, 0) is 10.0 Å². The molecule has 100 valence electrons. The van der Waals surface area contributed by atoms with Crippen molar-refractivity contribution in [3.63, 3.8) is 0 Å². The Bertz CT molecular complexity index is 717. The van der Waals surface area contributed by atoms with E-state index in [9.17, 15) is 8.42 Å². The first kappa shape index (κ1) is 13.8. The molecule has 0 aliphatic rings. The lowest BCUT2D eigenvalue weighted by Gasteiger charge is -2.11. The van der Waals surface area contributed by atoms with Gasteiger partial charge in [-0.1, -0.05) is 22.0 Å². The fourth-order valence-electron chi connectivity index (χ4n) is 1.54. The average Bonchev–Trinajstić information content (AvgIpc) is 2.35. The molecule has 0 fully saturated rings. The first-order valence-electron chi connectivity index (χ1n) is 5.40. The minimum atomic E-state index is -3.79. The molecule has 3 N–H and O–H groups in total. The van der Waals surface area contributed by atoms with Gasteiger partial charge in [-0.3, -0.25) is 4.72 Å². The third-order valence-corrected chi connectivity index (χ3v) is 4.77. The van der Waals surface area contributed by atoms with Gasteiger partial charge in [-0.2, -0.15) is 8.42 Å². The highest BCUT2D eigenvalue weighted by molar-refractivity contribution is 9.10. The SMILES string of the molecule is Cc1c(Br)cccc1NS(=O)(=O)c1ncccc1N. The van der Waals surface area contributed by atoms with E-state index in [0.717, 1.165) is 10.0 Å². The van der Waals surface area contributed by atoms with Gasteiger partial charge in [0.1, 0.15) is 0 Å². The highest BCUT2D eigenvalue weighted by atomic mass is 79.9. The molecule has 2 aromatic rings. The molecule has 0 spiro atoms. The summed E-state index contributed by atoms with van der Waals surface area (Å²) in [6.45, 7) is 1.81. The van der Waals surface area contributed by atoms with Crippen LogP contribution in [0.15, 0.2) is 46.0 Å². The number of rotatable bonds is 3. The number of pyridine rings is 1. The second kappa shape index (κ2) is 5.18. The summed E-state index contributed by atoms with van der Waals surface area (Å²) < 4.78 is 27.7. The number of sulfonamides is 1. The third-order valence-electron chi connectivity index (χ3n) is 2.57. The maximum atomic E-state index is 12.2. The Morgan fingerprint density at radius 2 is 2.00 bits per heavy atom. The van der Waals surface area contributed by atoms with E-state index in [2.05, 4.69) is 25.6 Å². The molecule has 5 nitrogen and oxygen atoms in total. The summed E-state index contributed by atoms with van der Waals surface area (Å²) >= 11 is 3.35. The van der Waals surface area contributed by atoms with E-state index in [1.54, 1.807) is 18.2 Å². The number of aromatic nitrogens is 1. The van der Waals surface area contributed by atoms with Gasteiger partial charge in [0.05, 0.1) is 11.4 Å². The Labute approximate surface area is 120 Å². The van der Waals surface area contributed by atoms with Crippen molar-refractivity contribution in [3.05, 3.63) is 46.6 Å². The van der Waals surface area contributed by atoms with Crippen LogP contribution in [0.2, 0.25) is 0 Å². The summed E-state index contributed by atoms with van der Waals surface area (Å²) in [5.74, 6) is 0. The third kappa shape index (κ3) is 2.87. The van der Waals surface area contributed by atoms with Crippen molar-refractivity contribution in [2.75, 3.05) is 10.5 Å². The van der Waals surface area contributed by atoms with Crippen molar-refractivity contribution in [2.24, 2.45) is 0 Å². The summed E-state index contributed by atoms with van der Waals surface area (Å²) in [6.07, 6.45) is 1.39. The fraction of sp³-hybridized carbons (Fsp3) is 0.0833. The molecule has 7 heteroatoms. The fourth-order valence-corrected chi connectivity index (χ4v) is 3.09. The molecule has 0 amide bonds. The summed E-state index contributed by atoms with van der Waals surface area (Å²) in [5.41, 5.74) is 7.03. The van der Waals surface area contributed by atoms with Gasteiger partial charge in [0, 0.05) is 10.7 Å². The number of hydrogen-bond acceptors (Lipinski definition) is 4. The van der Waals surface area contributed by atoms with E-state index in [-0.39, 0.29) is 10.7 Å². The minimum absolute atomic E-state index is 0.114. The topological polar surface area (TPSA) is 85.1 Å². The number of nitrogens with one attached hydrogen (secondary N) is 1. The molecular formula is C12H12BrN3O2S. The molecule has 0 radical (unpaired) electrons. The maximum absolute atomic E-state index is 12.2. The van der Waals surface area contributed by atoms with Crippen LogP contribution in [0, 0.1) is 6.92 Å². The van der Waals surface area contributed by atoms with Crippen molar-refractivity contribution in [1.82, 2.24) is 4.98 Å². The van der Waals surface area contributed by atoms with Gasteiger partial charge in [0.25, 0.3) is 10.0 Å². The molecule has 0 aliphatic carbocycles. The van der Waals surface area contributed by atoms with Crippen molar-refractivity contribution < 1.29 is 8.42 Å². The lowest BCUT2D eigenvalue weighted by atomic mass is 10.2. The zero-order valence-corrected chi connectivity index (χ0v) is 12.5. The second-order valence-corrected chi connectivity index (χ2v) is 6.37. The van der Waals surface area contributed by atoms with E-state index in [1.807, 2.05) is 13.0 Å². The first-order chi connectivity index (χ1) is 8.92. The summed E-state index contributed by atoms with van der Waals surface area (Å²) in [4.78, 5) is 3.81. The molecule has 0 unspecified atom stereocenters. The minimum Gasteiger partial charge on any atom is -0.396 e. The molecule has 0 saturated carbocycles. The lowest BCUT2D eigenvalue weighted by Crippen LogP contribution is -2.17. The number of benzene rings is 1. The van der Waals surface area contributed by atoms with Crippen LogP contribution in [0.3, 0.4) is 0 Å². The Balaban J connectivity index is 2.43. The Hall–Kier alpha value is -1.60. The van der Waals surface area contributed by atoms with Crippen LogP contribution in [0.1, 0.15) is 5.56 Å². The van der Waals surface area contributed by atoms with E-state index >= 15 is 0 Å². The monoisotopic (exact) mass is 341 g/mol. The van der Waals surface area contributed by atoms with Crippen LogP contribution in [0.4, 0.5) is 11.4 Å². The summed E-state index contributed by atoms with van der Waals surface area (Å²) in [6, 6.07) is 8.34. The van der Waals surface area contributed by atoms with Crippen LogP contribution in [0.5, 0.6) is 0 Å². The number of nitrogen functional groups attached to an aromatic ring is 1. The molecule has 0 atom stereocenters. The second-order valence-electron chi connectivity index (χ2n) is 3.92. The Kier molecular flexibility index (Phi) is 3.77. The predicted molar refractivity (Wildman–Crippen MR) is 78.3 cm³/mol. The number of anilines is 2. The van der Waals surface area contributed by atoms with Crippen molar-refractivity contribution >= 4 is 37.3 Å². The molecule has 1 heterocycles. The largest absolute Gasteiger partial charge is 0.396 e. The van der Waals surface area contributed by atoms with Gasteiger partial charge >= 0.3 is 0 Å².